The van der Waals surface area contributed by atoms with Gasteiger partial charge in [0.25, 0.3) is 0 Å². The SMILES string of the molecule is CSCCC(C)NC(=O)Nc1ccc(C)cc1C(=O)O. The van der Waals surface area contributed by atoms with Crippen molar-refractivity contribution in [3.05, 3.63) is 29.3 Å². The van der Waals surface area contributed by atoms with Crippen LogP contribution in [0.2, 0.25) is 0 Å². The van der Waals surface area contributed by atoms with Crippen LogP contribution in [0.1, 0.15) is 29.3 Å². The van der Waals surface area contributed by atoms with Gasteiger partial charge in [-0.05, 0) is 44.4 Å². The predicted octanol–water partition coefficient (Wildman–Crippen LogP) is 2.96. The van der Waals surface area contributed by atoms with Gasteiger partial charge in [0, 0.05) is 6.04 Å². The molecule has 1 aromatic carbocycles. The Bertz CT molecular complexity index is 491. The number of aromatic carboxylic acids is 1. The average Bonchev–Trinajstić information content (AvgIpc) is 2.38. The molecule has 110 valence electrons. The van der Waals surface area contributed by atoms with Crippen molar-refractivity contribution in [1.29, 1.82) is 0 Å². The number of amides is 2. The fourth-order valence-corrected chi connectivity index (χ4v) is 2.28. The van der Waals surface area contributed by atoms with Crippen molar-refractivity contribution in [2.45, 2.75) is 26.3 Å². The summed E-state index contributed by atoms with van der Waals surface area (Å²) in [4.78, 5) is 23.0. The Morgan fingerprint density at radius 2 is 2.10 bits per heavy atom. The van der Waals surface area contributed by atoms with Gasteiger partial charge in [-0.3, -0.25) is 0 Å². The molecule has 3 N–H and O–H groups in total. The maximum absolute atomic E-state index is 11.8. The lowest BCUT2D eigenvalue weighted by molar-refractivity contribution is 0.0698. The van der Waals surface area contributed by atoms with E-state index in [1.54, 1.807) is 30.8 Å². The molecule has 1 rings (SSSR count). The Morgan fingerprint density at radius 3 is 2.70 bits per heavy atom. The van der Waals surface area contributed by atoms with E-state index in [1.165, 1.54) is 6.07 Å². The van der Waals surface area contributed by atoms with Crippen molar-refractivity contribution in [2.75, 3.05) is 17.3 Å². The van der Waals surface area contributed by atoms with Crippen LogP contribution < -0.4 is 10.6 Å². The van der Waals surface area contributed by atoms with Gasteiger partial charge < -0.3 is 15.7 Å². The van der Waals surface area contributed by atoms with Crippen molar-refractivity contribution in [3.63, 3.8) is 0 Å². The van der Waals surface area contributed by atoms with Gasteiger partial charge in [-0.15, -0.1) is 0 Å². The Labute approximate surface area is 123 Å². The normalized spacial score (nSPS) is 11.8. The van der Waals surface area contributed by atoms with Gasteiger partial charge in [0.1, 0.15) is 0 Å². The summed E-state index contributed by atoms with van der Waals surface area (Å²) in [7, 11) is 0. The highest BCUT2D eigenvalue weighted by atomic mass is 32.2. The molecular formula is C14H20N2O3S. The lowest BCUT2D eigenvalue weighted by atomic mass is 10.1. The van der Waals surface area contributed by atoms with Crippen LogP contribution in [0.25, 0.3) is 0 Å². The highest BCUT2D eigenvalue weighted by Crippen LogP contribution is 2.17. The van der Waals surface area contributed by atoms with Gasteiger partial charge >= 0.3 is 12.0 Å². The second-order valence-electron chi connectivity index (χ2n) is 4.64. The monoisotopic (exact) mass is 296 g/mol. The standard InChI is InChI=1S/C14H20N2O3S/c1-9-4-5-12(11(8-9)13(17)18)16-14(19)15-10(2)6-7-20-3/h4-5,8,10H,6-7H2,1-3H3,(H,17,18)(H2,15,16,19). The number of hydrogen-bond acceptors (Lipinski definition) is 3. The Hall–Kier alpha value is -1.69. The molecule has 2 amide bonds. The molecule has 0 radical (unpaired) electrons. The van der Waals surface area contributed by atoms with Gasteiger partial charge in [-0.2, -0.15) is 11.8 Å². The molecule has 0 heterocycles. The van der Waals surface area contributed by atoms with E-state index in [0.29, 0.717) is 5.69 Å². The van der Waals surface area contributed by atoms with Crippen molar-refractivity contribution >= 4 is 29.4 Å². The number of benzene rings is 1. The van der Waals surface area contributed by atoms with Crippen molar-refractivity contribution in [1.82, 2.24) is 5.32 Å². The summed E-state index contributed by atoms with van der Waals surface area (Å²) >= 11 is 1.72. The Morgan fingerprint density at radius 1 is 1.40 bits per heavy atom. The number of carboxylic acids is 1. The molecule has 0 fully saturated rings. The van der Waals surface area contributed by atoms with Gasteiger partial charge in [0.2, 0.25) is 0 Å². The molecule has 0 saturated carbocycles. The van der Waals surface area contributed by atoms with E-state index in [1.807, 2.05) is 13.2 Å². The van der Waals surface area contributed by atoms with E-state index >= 15 is 0 Å². The molecule has 0 aliphatic rings. The number of carboxylic acid groups (broad SMARTS) is 1. The minimum Gasteiger partial charge on any atom is -0.478 e. The highest BCUT2D eigenvalue weighted by Gasteiger charge is 2.13. The number of urea groups is 1. The number of nitrogens with one attached hydrogen (secondary N) is 2. The number of carbonyl (C=O) groups is 2. The number of rotatable bonds is 6. The van der Waals surface area contributed by atoms with Gasteiger partial charge in [0.15, 0.2) is 0 Å². The molecule has 5 nitrogen and oxygen atoms in total. The molecule has 6 heteroatoms. The first-order valence-electron chi connectivity index (χ1n) is 6.34. The maximum Gasteiger partial charge on any atom is 0.337 e. The highest BCUT2D eigenvalue weighted by molar-refractivity contribution is 7.98. The topological polar surface area (TPSA) is 78.4 Å². The van der Waals surface area contributed by atoms with Crippen LogP contribution in [0, 0.1) is 6.92 Å². The average molecular weight is 296 g/mol. The zero-order valence-electron chi connectivity index (χ0n) is 11.9. The molecular weight excluding hydrogens is 276 g/mol. The molecule has 0 aliphatic carbocycles. The summed E-state index contributed by atoms with van der Waals surface area (Å²) in [6.07, 6.45) is 2.88. The third-order valence-electron chi connectivity index (χ3n) is 2.79. The second-order valence-corrected chi connectivity index (χ2v) is 5.62. The summed E-state index contributed by atoms with van der Waals surface area (Å²) in [6, 6.07) is 4.56. The molecule has 1 unspecified atom stereocenters. The van der Waals surface area contributed by atoms with Gasteiger partial charge in [-0.1, -0.05) is 11.6 Å². The van der Waals surface area contributed by atoms with Gasteiger partial charge in [-0.25, -0.2) is 9.59 Å². The molecule has 1 atom stereocenters. The summed E-state index contributed by atoms with van der Waals surface area (Å²) in [5, 5.41) is 14.5. The summed E-state index contributed by atoms with van der Waals surface area (Å²) in [6.45, 7) is 3.73. The quantitative estimate of drug-likeness (QED) is 0.754. The zero-order chi connectivity index (χ0) is 15.1. The number of hydrogen-bond donors (Lipinski definition) is 3. The van der Waals surface area contributed by atoms with Crippen LogP contribution in [0.15, 0.2) is 18.2 Å². The molecule has 1 aromatic rings. The largest absolute Gasteiger partial charge is 0.478 e. The minimum atomic E-state index is -1.06. The van der Waals surface area contributed by atoms with E-state index in [-0.39, 0.29) is 17.6 Å². The third-order valence-corrected chi connectivity index (χ3v) is 3.43. The molecule has 0 spiro atoms. The lowest BCUT2D eigenvalue weighted by Gasteiger charge is -2.15. The molecule has 0 aromatic heterocycles. The van der Waals surface area contributed by atoms with Crippen LogP contribution >= 0.6 is 11.8 Å². The summed E-state index contributed by atoms with van der Waals surface area (Å²) in [5.74, 6) is -0.0914. The molecule has 0 saturated heterocycles. The van der Waals surface area contributed by atoms with Crippen molar-refractivity contribution in [2.24, 2.45) is 0 Å². The van der Waals surface area contributed by atoms with E-state index in [2.05, 4.69) is 10.6 Å². The fraction of sp³-hybridized carbons (Fsp3) is 0.429. The Kier molecular flexibility index (Phi) is 6.38. The van der Waals surface area contributed by atoms with Crippen LogP contribution in [-0.4, -0.2) is 35.2 Å². The minimum absolute atomic E-state index is 0.0428. The first-order chi connectivity index (χ1) is 9.43. The van der Waals surface area contributed by atoms with Crippen LogP contribution in [0.3, 0.4) is 0 Å². The Balaban J connectivity index is 2.68. The van der Waals surface area contributed by atoms with E-state index in [0.717, 1.165) is 17.7 Å². The zero-order valence-corrected chi connectivity index (χ0v) is 12.7. The fourth-order valence-electron chi connectivity index (χ4n) is 1.69. The molecule has 20 heavy (non-hydrogen) atoms. The number of thioether (sulfide) groups is 1. The summed E-state index contributed by atoms with van der Waals surface area (Å²) < 4.78 is 0. The smallest absolute Gasteiger partial charge is 0.337 e. The predicted molar refractivity (Wildman–Crippen MR) is 82.8 cm³/mol. The molecule has 0 bridgehead atoms. The van der Waals surface area contributed by atoms with Crippen LogP contribution in [0.5, 0.6) is 0 Å². The number of anilines is 1. The van der Waals surface area contributed by atoms with Crippen molar-refractivity contribution < 1.29 is 14.7 Å². The lowest BCUT2D eigenvalue weighted by Crippen LogP contribution is -2.36. The van der Waals surface area contributed by atoms with E-state index < -0.39 is 5.97 Å². The number of carbonyl (C=O) groups excluding carboxylic acids is 1. The van der Waals surface area contributed by atoms with Crippen molar-refractivity contribution in [3.8, 4) is 0 Å². The first kappa shape index (κ1) is 16.4. The van der Waals surface area contributed by atoms with E-state index in [9.17, 15) is 9.59 Å². The second kappa shape index (κ2) is 7.79. The van der Waals surface area contributed by atoms with Gasteiger partial charge in [0.05, 0.1) is 11.3 Å². The third kappa shape index (κ3) is 5.13. The number of aryl methyl sites for hydroxylation is 1. The van der Waals surface area contributed by atoms with E-state index in [4.69, 9.17) is 5.11 Å². The van der Waals surface area contributed by atoms with Crippen LogP contribution in [0.4, 0.5) is 10.5 Å². The van der Waals surface area contributed by atoms with Crippen LogP contribution in [-0.2, 0) is 0 Å². The molecule has 0 aliphatic heterocycles. The first-order valence-corrected chi connectivity index (χ1v) is 7.73. The maximum atomic E-state index is 11.8. The summed E-state index contributed by atoms with van der Waals surface area (Å²) in [5.41, 5.74) is 1.23.